The van der Waals surface area contributed by atoms with Gasteiger partial charge in [-0.1, -0.05) is 24.3 Å². The van der Waals surface area contributed by atoms with Gasteiger partial charge in [0.1, 0.15) is 5.75 Å². The number of para-hydroxylation sites is 2. The zero-order valence-corrected chi connectivity index (χ0v) is 20.7. The third kappa shape index (κ3) is 8.10. The van der Waals surface area contributed by atoms with Crippen LogP contribution in [0, 0.1) is 6.92 Å². The van der Waals surface area contributed by atoms with E-state index in [0.29, 0.717) is 40.8 Å². The minimum atomic E-state index is -0.950. The fourth-order valence-corrected chi connectivity index (χ4v) is 3.19. The Kier molecular flexibility index (Phi) is 9.60. The van der Waals surface area contributed by atoms with Crippen LogP contribution in [0.25, 0.3) is 0 Å². The van der Waals surface area contributed by atoms with Crippen molar-refractivity contribution in [3.05, 3.63) is 77.9 Å². The number of amides is 3. The molecule has 0 saturated carbocycles. The van der Waals surface area contributed by atoms with Crippen molar-refractivity contribution in [1.29, 1.82) is 0 Å². The minimum Gasteiger partial charge on any atom is -0.493 e. The highest BCUT2D eigenvalue weighted by atomic mass is 16.5. The number of aryl methyl sites for hydroxylation is 1. The Morgan fingerprint density at radius 3 is 2.43 bits per heavy atom. The maximum Gasteiger partial charge on any atom is 0.329 e. The lowest BCUT2D eigenvalue weighted by atomic mass is 10.2. The van der Waals surface area contributed by atoms with Gasteiger partial charge in [0.2, 0.25) is 0 Å². The van der Waals surface area contributed by atoms with E-state index in [9.17, 15) is 14.4 Å². The average Bonchev–Trinajstić information content (AvgIpc) is 2.89. The molecule has 10 nitrogen and oxygen atoms in total. The van der Waals surface area contributed by atoms with Gasteiger partial charge in [0.05, 0.1) is 25.6 Å². The Morgan fingerprint density at radius 2 is 1.68 bits per heavy atom. The van der Waals surface area contributed by atoms with Crippen molar-refractivity contribution in [2.24, 2.45) is 5.10 Å². The van der Waals surface area contributed by atoms with E-state index < -0.39 is 11.8 Å². The molecule has 3 N–H and O–H groups in total. The molecule has 0 saturated heterocycles. The highest BCUT2D eigenvalue weighted by Gasteiger charge is 2.15. The largest absolute Gasteiger partial charge is 0.493 e. The molecular weight excluding hydrogens is 476 g/mol. The number of nitrogens with one attached hydrogen (secondary N) is 3. The fraction of sp³-hybridized carbons (Fsp3) is 0.185. The number of hydrogen-bond acceptors (Lipinski definition) is 7. The first-order valence-corrected chi connectivity index (χ1v) is 11.4. The van der Waals surface area contributed by atoms with Crippen molar-refractivity contribution in [2.75, 3.05) is 31.0 Å². The second-order valence-electron chi connectivity index (χ2n) is 7.70. The molecule has 0 bridgehead atoms. The number of rotatable bonds is 10. The lowest BCUT2D eigenvalue weighted by Crippen LogP contribution is -2.32. The summed E-state index contributed by atoms with van der Waals surface area (Å²) in [4.78, 5) is 36.5. The maximum absolute atomic E-state index is 12.2. The second-order valence-corrected chi connectivity index (χ2v) is 7.70. The van der Waals surface area contributed by atoms with Gasteiger partial charge in [0.15, 0.2) is 18.1 Å². The monoisotopic (exact) mass is 504 g/mol. The molecule has 37 heavy (non-hydrogen) atoms. The van der Waals surface area contributed by atoms with Gasteiger partial charge in [0.25, 0.3) is 5.91 Å². The summed E-state index contributed by atoms with van der Waals surface area (Å²) >= 11 is 0. The molecule has 0 aliphatic carbocycles. The van der Waals surface area contributed by atoms with Crippen LogP contribution in [0.3, 0.4) is 0 Å². The van der Waals surface area contributed by atoms with Gasteiger partial charge in [-0.25, -0.2) is 5.43 Å². The van der Waals surface area contributed by atoms with Crippen molar-refractivity contribution in [3.8, 4) is 17.2 Å². The van der Waals surface area contributed by atoms with E-state index in [4.69, 9.17) is 14.2 Å². The lowest BCUT2D eigenvalue weighted by Gasteiger charge is -2.12. The normalized spacial score (nSPS) is 10.5. The topological polar surface area (TPSA) is 127 Å². The first-order valence-electron chi connectivity index (χ1n) is 11.4. The zero-order valence-electron chi connectivity index (χ0n) is 20.7. The summed E-state index contributed by atoms with van der Waals surface area (Å²) in [6, 6.07) is 19.1. The van der Waals surface area contributed by atoms with Gasteiger partial charge in [-0.2, -0.15) is 5.10 Å². The second kappa shape index (κ2) is 13.3. The molecule has 3 amide bonds. The Hall–Kier alpha value is -4.86. The molecular formula is C27H28N4O6. The van der Waals surface area contributed by atoms with E-state index in [2.05, 4.69) is 21.2 Å². The molecule has 192 valence electrons. The molecule has 3 rings (SSSR count). The highest BCUT2D eigenvalue weighted by molar-refractivity contribution is 6.39. The molecule has 0 aromatic heterocycles. The Labute approximate surface area is 214 Å². The summed E-state index contributed by atoms with van der Waals surface area (Å²) in [5.41, 5.74) is 4.83. The Balaban J connectivity index is 1.53. The van der Waals surface area contributed by atoms with Gasteiger partial charge >= 0.3 is 11.8 Å². The maximum atomic E-state index is 12.2. The van der Waals surface area contributed by atoms with Gasteiger partial charge in [-0.15, -0.1) is 0 Å². The van der Waals surface area contributed by atoms with E-state index in [0.717, 1.165) is 5.56 Å². The third-order valence-electron chi connectivity index (χ3n) is 4.87. The molecule has 0 fully saturated rings. The van der Waals surface area contributed by atoms with Crippen molar-refractivity contribution in [1.82, 2.24) is 5.43 Å². The van der Waals surface area contributed by atoms with Crippen LogP contribution >= 0.6 is 0 Å². The average molecular weight is 505 g/mol. The molecule has 0 spiro atoms. The lowest BCUT2D eigenvalue weighted by molar-refractivity contribution is -0.136. The Morgan fingerprint density at radius 1 is 0.865 bits per heavy atom. The van der Waals surface area contributed by atoms with E-state index in [-0.39, 0.29) is 12.5 Å². The minimum absolute atomic E-state index is 0.213. The predicted octanol–water partition coefficient (Wildman–Crippen LogP) is 3.51. The number of methoxy groups -OCH3 is 1. The smallest absolute Gasteiger partial charge is 0.329 e. The number of ether oxygens (including phenoxy) is 3. The van der Waals surface area contributed by atoms with Gasteiger partial charge in [-0.05, 0) is 67.4 Å². The summed E-state index contributed by atoms with van der Waals surface area (Å²) in [6.07, 6.45) is 1.34. The van der Waals surface area contributed by atoms with Crippen molar-refractivity contribution >= 4 is 35.3 Å². The van der Waals surface area contributed by atoms with Crippen LogP contribution < -0.4 is 30.3 Å². The standard InChI is InChI=1S/C27H28N4O6/c1-4-36-22-11-6-5-10-21(22)30-26(33)27(34)31-28-16-19-12-13-23(24(15-19)35-3)37-17-25(32)29-20-9-7-8-18(2)14-20/h5-16H,4,17H2,1-3H3,(H,29,32)(H,30,33)(H,31,34)/b28-16-. The molecule has 3 aromatic rings. The van der Waals surface area contributed by atoms with Crippen molar-refractivity contribution in [3.63, 3.8) is 0 Å². The van der Waals surface area contributed by atoms with E-state index in [1.807, 2.05) is 32.0 Å². The zero-order chi connectivity index (χ0) is 26.6. The van der Waals surface area contributed by atoms with Crippen LogP contribution in [0.4, 0.5) is 11.4 Å². The number of benzene rings is 3. The SMILES string of the molecule is CCOc1ccccc1NC(=O)C(=O)N/N=C\c1ccc(OCC(=O)Nc2cccc(C)c2)c(OC)c1. The Bertz CT molecular complexity index is 1290. The van der Waals surface area contributed by atoms with Crippen LogP contribution in [0.1, 0.15) is 18.1 Å². The van der Waals surface area contributed by atoms with Crippen LogP contribution in [0.2, 0.25) is 0 Å². The molecule has 0 aliphatic rings. The van der Waals surface area contributed by atoms with Gasteiger partial charge in [-0.3, -0.25) is 14.4 Å². The fourth-order valence-electron chi connectivity index (χ4n) is 3.19. The summed E-state index contributed by atoms with van der Waals surface area (Å²) < 4.78 is 16.4. The summed E-state index contributed by atoms with van der Waals surface area (Å²) in [5.74, 6) is -0.983. The highest BCUT2D eigenvalue weighted by Crippen LogP contribution is 2.27. The quantitative estimate of drug-likeness (QED) is 0.220. The predicted molar refractivity (Wildman–Crippen MR) is 140 cm³/mol. The number of carbonyl (C=O) groups excluding carboxylic acids is 3. The van der Waals surface area contributed by atoms with Crippen LogP contribution in [0.5, 0.6) is 17.2 Å². The molecule has 0 radical (unpaired) electrons. The summed E-state index contributed by atoms with van der Waals surface area (Å²) in [6.45, 7) is 3.95. The summed E-state index contributed by atoms with van der Waals surface area (Å²) in [5, 5.41) is 9.08. The number of carbonyl (C=O) groups is 3. The first kappa shape index (κ1) is 26.7. The first-order chi connectivity index (χ1) is 17.9. The molecule has 10 heteroatoms. The number of nitrogens with zero attached hydrogens (tertiary/aromatic N) is 1. The number of hydrogen-bond donors (Lipinski definition) is 3. The molecule has 3 aromatic carbocycles. The van der Waals surface area contributed by atoms with Crippen molar-refractivity contribution < 1.29 is 28.6 Å². The van der Waals surface area contributed by atoms with E-state index in [1.54, 1.807) is 48.5 Å². The molecule has 0 atom stereocenters. The van der Waals surface area contributed by atoms with Gasteiger partial charge in [0, 0.05) is 5.69 Å². The molecule has 0 aliphatic heterocycles. The van der Waals surface area contributed by atoms with Crippen LogP contribution in [-0.2, 0) is 14.4 Å². The van der Waals surface area contributed by atoms with Crippen LogP contribution in [0.15, 0.2) is 71.8 Å². The number of anilines is 2. The van der Waals surface area contributed by atoms with E-state index >= 15 is 0 Å². The number of hydrazone groups is 1. The molecule has 0 heterocycles. The third-order valence-corrected chi connectivity index (χ3v) is 4.87. The van der Waals surface area contributed by atoms with E-state index in [1.165, 1.54) is 13.3 Å². The molecule has 0 unspecified atom stereocenters. The van der Waals surface area contributed by atoms with Crippen LogP contribution in [-0.4, -0.2) is 44.3 Å². The van der Waals surface area contributed by atoms with Crippen molar-refractivity contribution in [2.45, 2.75) is 13.8 Å². The van der Waals surface area contributed by atoms with Gasteiger partial charge < -0.3 is 24.8 Å². The summed E-state index contributed by atoms with van der Waals surface area (Å²) in [7, 11) is 1.46.